The quantitative estimate of drug-likeness (QED) is 0.808. The predicted octanol–water partition coefficient (Wildman–Crippen LogP) is 2.66. The summed E-state index contributed by atoms with van der Waals surface area (Å²) in [6.07, 6.45) is 0.800. The van der Waals surface area contributed by atoms with Gasteiger partial charge in [-0.2, -0.15) is 0 Å². The van der Waals surface area contributed by atoms with E-state index >= 15 is 0 Å². The van der Waals surface area contributed by atoms with Gasteiger partial charge in [-0.05, 0) is 43.2 Å². The Morgan fingerprint density at radius 3 is 2.65 bits per heavy atom. The van der Waals surface area contributed by atoms with Crippen LogP contribution in [0, 0.1) is 6.92 Å². The number of sulfonamides is 1. The molecule has 2 aromatic carbocycles. The summed E-state index contributed by atoms with van der Waals surface area (Å²) in [5.41, 5.74) is 1.40. The fraction of sp³-hybridized carbons (Fsp3) is 0.278. The zero-order valence-electron chi connectivity index (χ0n) is 14.5. The smallest absolute Gasteiger partial charge is 0.261 e. The van der Waals surface area contributed by atoms with Crippen LogP contribution in [-0.4, -0.2) is 27.7 Å². The Labute approximate surface area is 152 Å². The molecule has 0 saturated carbocycles. The normalized spacial score (nSPS) is 12.7. The number of carbonyl (C=O) groups is 1. The molecule has 2 aromatic rings. The number of hydrogen-bond donors (Lipinski definition) is 2. The Hall–Kier alpha value is -2.74. The molecule has 0 unspecified atom stereocenters. The van der Waals surface area contributed by atoms with Gasteiger partial charge in [-0.1, -0.05) is 13.0 Å². The molecule has 0 aromatic heterocycles. The monoisotopic (exact) mass is 376 g/mol. The van der Waals surface area contributed by atoms with Crippen LogP contribution in [0.4, 0.5) is 5.69 Å². The van der Waals surface area contributed by atoms with E-state index in [1.807, 2.05) is 6.92 Å². The van der Waals surface area contributed by atoms with E-state index in [2.05, 4.69) is 10.0 Å². The molecule has 0 fully saturated rings. The van der Waals surface area contributed by atoms with Crippen molar-refractivity contribution >= 4 is 21.6 Å². The fourth-order valence-electron chi connectivity index (χ4n) is 2.52. The molecule has 138 valence electrons. The molecule has 26 heavy (non-hydrogen) atoms. The maximum atomic E-state index is 12.7. The van der Waals surface area contributed by atoms with Crippen molar-refractivity contribution in [2.75, 3.05) is 18.1 Å². The van der Waals surface area contributed by atoms with E-state index in [0.29, 0.717) is 34.9 Å². The van der Waals surface area contributed by atoms with E-state index in [1.165, 1.54) is 12.1 Å². The van der Waals surface area contributed by atoms with Gasteiger partial charge in [-0.15, -0.1) is 0 Å². The van der Waals surface area contributed by atoms with Crippen molar-refractivity contribution in [1.82, 2.24) is 5.32 Å². The van der Waals surface area contributed by atoms with Crippen LogP contribution in [0.1, 0.15) is 29.3 Å². The van der Waals surface area contributed by atoms with Crippen molar-refractivity contribution < 1.29 is 22.7 Å². The second-order valence-electron chi connectivity index (χ2n) is 5.91. The Kier molecular flexibility index (Phi) is 5.03. The first-order chi connectivity index (χ1) is 12.4. The summed E-state index contributed by atoms with van der Waals surface area (Å²) in [7, 11) is -3.85. The Morgan fingerprint density at radius 1 is 1.12 bits per heavy atom. The van der Waals surface area contributed by atoms with Crippen molar-refractivity contribution in [2.24, 2.45) is 0 Å². The predicted molar refractivity (Wildman–Crippen MR) is 97.2 cm³/mol. The van der Waals surface area contributed by atoms with Gasteiger partial charge >= 0.3 is 0 Å². The van der Waals surface area contributed by atoms with E-state index in [9.17, 15) is 13.2 Å². The number of amides is 1. The highest BCUT2D eigenvalue weighted by Gasteiger charge is 2.20. The third kappa shape index (κ3) is 3.75. The number of aryl methyl sites for hydroxylation is 1. The number of rotatable bonds is 6. The number of nitrogens with one attached hydrogen (secondary N) is 2. The SMILES string of the molecule is CCCNC(=O)c1cc(S(=O)(=O)Nc2ccc3c(c2)OCO3)ccc1C. The third-order valence-electron chi connectivity index (χ3n) is 3.92. The summed E-state index contributed by atoms with van der Waals surface area (Å²) in [6, 6.07) is 9.27. The molecule has 0 saturated heterocycles. The van der Waals surface area contributed by atoms with Crippen LogP contribution in [0.5, 0.6) is 11.5 Å². The van der Waals surface area contributed by atoms with Gasteiger partial charge in [0.15, 0.2) is 11.5 Å². The number of hydrogen-bond acceptors (Lipinski definition) is 5. The molecule has 0 radical (unpaired) electrons. The van der Waals surface area contributed by atoms with Crippen molar-refractivity contribution in [3.8, 4) is 11.5 Å². The highest BCUT2D eigenvalue weighted by molar-refractivity contribution is 7.92. The standard InChI is InChI=1S/C18H20N2O5S/c1-3-8-19-18(21)15-10-14(6-4-12(15)2)26(22,23)20-13-5-7-16-17(9-13)25-11-24-16/h4-7,9-10,20H,3,8,11H2,1-2H3,(H,19,21). The minimum Gasteiger partial charge on any atom is -0.454 e. The lowest BCUT2D eigenvalue weighted by Gasteiger charge is -2.12. The Morgan fingerprint density at radius 2 is 1.88 bits per heavy atom. The van der Waals surface area contributed by atoms with Gasteiger partial charge in [0.2, 0.25) is 6.79 Å². The average Bonchev–Trinajstić information content (AvgIpc) is 3.07. The van der Waals surface area contributed by atoms with Crippen molar-refractivity contribution in [3.63, 3.8) is 0 Å². The molecule has 1 aliphatic rings. The molecule has 7 nitrogen and oxygen atoms in total. The maximum absolute atomic E-state index is 12.7. The molecule has 0 atom stereocenters. The van der Waals surface area contributed by atoms with Crippen molar-refractivity contribution in [3.05, 3.63) is 47.5 Å². The summed E-state index contributed by atoms with van der Waals surface area (Å²) in [4.78, 5) is 12.2. The molecule has 1 aliphatic heterocycles. The van der Waals surface area contributed by atoms with E-state index < -0.39 is 10.0 Å². The van der Waals surface area contributed by atoms with E-state index in [0.717, 1.165) is 6.42 Å². The van der Waals surface area contributed by atoms with Crippen LogP contribution in [0.3, 0.4) is 0 Å². The molecule has 1 amide bonds. The second-order valence-corrected chi connectivity index (χ2v) is 7.59. The molecule has 2 N–H and O–H groups in total. The molecule has 0 aliphatic carbocycles. The molecule has 8 heteroatoms. The molecule has 1 heterocycles. The number of fused-ring (bicyclic) bond motifs is 1. The zero-order chi connectivity index (χ0) is 18.7. The molecule has 3 rings (SSSR count). The zero-order valence-corrected chi connectivity index (χ0v) is 15.4. The summed E-state index contributed by atoms with van der Waals surface area (Å²) in [6.45, 7) is 4.36. The maximum Gasteiger partial charge on any atom is 0.261 e. The number of ether oxygens (including phenoxy) is 2. The highest BCUT2D eigenvalue weighted by atomic mass is 32.2. The number of anilines is 1. The molecule has 0 spiro atoms. The topological polar surface area (TPSA) is 93.7 Å². The van der Waals surface area contributed by atoms with Gasteiger partial charge in [0.1, 0.15) is 0 Å². The third-order valence-corrected chi connectivity index (χ3v) is 5.30. The first-order valence-electron chi connectivity index (χ1n) is 8.22. The second kappa shape index (κ2) is 7.25. The van der Waals surface area contributed by atoms with Crippen LogP contribution in [0.2, 0.25) is 0 Å². The first-order valence-corrected chi connectivity index (χ1v) is 9.70. The van der Waals surface area contributed by atoms with Crippen LogP contribution in [-0.2, 0) is 10.0 Å². The van der Waals surface area contributed by atoms with Gasteiger partial charge in [-0.25, -0.2) is 8.42 Å². The molecular formula is C18H20N2O5S. The summed E-state index contributed by atoms with van der Waals surface area (Å²) < 4.78 is 38.3. The van der Waals surface area contributed by atoms with E-state index in [-0.39, 0.29) is 17.6 Å². The average molecular weight is 376 g/mol. The lowest BCUT2D eigenvalue weighted by molar-refractivity contribution is 0.0953. The van der Waals surface area contributed by atoms with Gasteiger partial charge in [-0.3, -0.25) is 9.52 Å². The minimum absolute atomic E-state index is 0.0161. The van der Waals surface area contributed by atoms with E-state index in [1.54, 1.807) is 31.2 Å². The van der Waals surface area contributed by atoms with E-state index in [4.69, 9.17) is 9.47 Å². The van der Waals surface area contributed by atoms with Gasteiger partial charge in [0, 0.05) is 18.2 Å². The summed E-state index contributed by atoms with van der Waals surface area (Å²) in [5.74, 6) is 0.761. The van der Waals surface area contributed by atoms with Gasteiger partial charge in [0.25, 0.3) is 15.9 Å². The van der Waals surface area contributed by atoms with Gasteiger partial charge < -0.3 is 14.8 Å². The Bertz CT molecular complexity index is 941. The summed E-state index contributed by atoms with van der Waals surface area (Å²) >= 11 is 0. The number of benzene rings is 2. The fourth-order valence-corrected chi connectivity index (χ4v) is 3.60. The summed E-state index contributed by atoms with van der Waals surface area (Å²) in [5, 5.41) is 2.76. The number of carbonyl (C=O) groups excluding carboxylic acids is 1. The van der Waals surface area contributed by atoms with Crippen LogP contribution >= 0.6 is 0 Å². The minimum atomic E-state index is -3.85. The lowest BCUT2D eigenvalue weighted by Crippen LogP contribution is -2.25. The lowest BCUT2D eigenvalue weighted by atomic mass is 10.1. The highest BCUT2D eigenvalue weighted by Crippen LogP contribution is 2.34. The van der Waals surface area contributed by atoms with Crippen LogP contribution in [0.25, 0.3) is 0 Å². The van der Waals surface area contributed by atoms with Gasteiger partial charge in [0.05, 0.1) is 10.6 Å². The van der Waals surface area contributed by atoms with Crippen molar-refractivity contribution in [2.45, 2.75) is 25.2 Å². The first kappa shape index (κ1) is 18.1. The molecular weight excluding hydrogens is 356 g/mol. The molecule has 0 bridgehead atoms. The van der Waals surface area contributed by atoms with Crippen LogP contribution < -0.4 is 19.5 Å². The van der Waals surface area contributed by atoms with Crippen LogP contribution in [0.15, 0.2) is 41.3 Å². The van der Waals surface area contributed by atoms with Crippen molar-refractivity contribution in [1.29, 1.82) is 0 Å². The Balaban J connectivity index is 1.86. The largest absolute Gasteiger partial charge is 0.454 e.